The second kappa shape index (κ2) is 4.13. The van der Waals surface area contributed by atoms with Gasteiger partial charge in [0.1, 0.15) is 6.34 Å². The molecule has 46 valence electrons. The molecular weight excluding hydrogens is 126 g/mol. The zero-order valence-electron chi connectivity index (χ0n) is 4.09. The molecule has 6 heteroatoms. The molecule has 0 spiro atoms. The van der Waals surface area contributed by atoms with E-state index in [2.05, 4.69) is 28.2 Å². The molecule has 8 heavy (non-hydrogen) atoms. The van der Waals surface area contributed by atoms with Crippen molar-refractivity contribution in [2.24, 2.45) is 16.7 Å². The minimum atomic E-state index is 0.143. The maximum absolute atomic E-state index is 4.99. The average Bonchev–Trinajstić information content (AvgIpc) is 1.66. The minimum Gasteiger partial charge on any atom is -0.375 e. The molecule has 5 nitrogen and oxygen atoms in total. The van der Waals surface area contributed by atoms with Crippen molar-refractivity contribution in [2.45, 2.75) is 0 Å². The number of hydrogen-bond acceptors (Lipinski definition) is 3. The summed E-state index contributed by atoms with van der Waals surface area (Å²) in [4.78, 5) is 0. The van der Waals surface area contributed by atoms with Crippen molar-refractivity contribution in [1.29, 1.82) is 0 Å². The molecule has 6 N–H and O–H groups in total. The van der Waals surface area contributed by atoms with Gasteiger partial charge in [0.25, 0.3) is 0 Å². The number of thiocarbonyl (C=S) groups is 1. The molecule has 0 bridgehead atoms. The van der Waals surface area contributed by atoms with Crippen LogP contribution in [0.3, 0.4) is 0 Å². The highest BCUT2D eigenvalue weighted by atomic mass is 32.1. The van der Waals surface area contributed by atoms with Gasteiger partial charge < -0.3 is 11.6 Å². The first-order chi connectivity index (χ1) is 3.77. The third kappa shape index (κ3) is 4.96. The van der Waals surface area contributed by atoms with Gasteiger partial charge in [-0.1, -0.05) is 0 Å². The summed E-state index contributed by atoms with van der Waals surface area (Å²) < 4.78 is 0. The standard InChI is InChI=1S/C2H7N5S/c3-2(8)7-6-1-5-4/h1H,4H2,(H,5,6)(H3,3,7,8). The highest BCUT2D eigenvalue weighted by molar-refractivity contribution is 7.80. The van der Waals surface area contributed by atoms with Crippen molar-refractivity contribution >= 4 is 23.7 Å². The normalized spacial score (nSPS) is 9.00. The third-order valence-corrected chi connectivity index (χ3v) is 0.437. The Balaban J connectivity index is 3.05. The highest BCUT2D eigenvalue weighted by Gasteiger charge is 1.75. The van der Waals surface area contributed by atoms with Crippen LogP contribution in [0.25, 0.3) is 0 Å². The maximum Gasteiger partial charge on any atom is 0.182 e. The van der Waals surface area contributed by atoms with Crippen LogP contribution in [0.4, 0.5) is 0 Å². The van der Waals surface area contributed by atoms with E-state index in [9.17, 15) is 0 Å². The lowest BCUT2D eigenvalue weighted by Gasteiger charge is -1.97. The number of nitrogens with zero attached hydrogens (tertiary/aromatic N) is 1. The molecule has 0 rings (SSSR count). The Kier molecular flexibility index (Phi) is 3.59. The third-order valence-electron chi connectivity index (χ3n) is 0.334. The van der Waals surface area contributed by atoms with Crippen LogP contribution in [-0.2, 0) is 0 Å². The Morgan fingerprint density at radius 3 is 2.75 bits per heavy atom. The molecule has 0 saturated carbocycles. The van der Waals surface area contributed by atoms with Crippen LogP contribution >= 0.6 is 12.2 Å². The predicted octanol–water partition coefficient (Wildman–Crippen LogP) is -1.77. The van der Waals surface area contributed by atoms with Gasteiger partial charge >= 0.3 is 0 Å². The van der Waals surface area contributed by atoms with Crippen molar-refractivity contribution in [2.75, 3.05) is 0 Å². The van der Waals surface area contributed by atoms with Crippen LogP contribution in [0.5, 0.6) is 0 Å². The van der Waals surface area contributed by atoms with Crippen molar-refractivity contribution in [3.05, 3.63) is 0 Å². The van der Waals surface area contributed by atoms with Gasteiger partial charge in [0.2, 0.25) is 0 Å². The van der Waals surface area contributed by atoms with Crippen molar-refractivity contribution in [1.82, 2.24) is 10.9 Å². The smallest absolute Gasteiger partial charge is 0.182 e. The summed E-state index contributed by atoms with van der Waals surface area (Å²) in [7, 11) is 0. The summed E-state index contributed by atoms with van der Waals surface area (Å²) in [5.41, 5.74) is 9.77. The second-order valence-electron chi connectivity index (χ2n) is 0.912. The van der Waals surface area contributed by atoms with E-state index >= 15 is 0 Å². The molecule has 0 amide bonds. The molecule has 0 aromatic rings. The fraction of sp³-hybridized carbons (Fsp3) is 0. The molecule has 0 saturated heterocycles. The van der Waals surface area contributed by atoms with Crippen LogP contribution in [-0.4, -0.2) is 11.5 Å². The van der Waals surface area contributed by atoms with E-state index in [-0.39, 0.29) is 5.11 Å². The van der Waals surface area contributed by atoms with E-state index < -0.39 is 0 Å². The molecule has 0 fully saturated rings. The molecule has 0 aromatic heterocycles. The fourth-order valence-electron chi connectivity index (χ4n) is 0.141. The minimum absolute atomic E-state index is 0.143. The van der Waals surface area contributed by atoms with Crippen LogP contribution in [0.15, 0.2) is 5.10 Å². The second-order valence-corrected chi connectivity index (χ2v) is 1.35. The first-order valence-electron chi connectivity index (χ1n) is 1.80. The quantitative estimate of drug-likeness (QED) is 0.118. The number of nitrogens with two attached hydrogens (primary N) is 2. The summed E-state index contributed by atoms with van der Waals surface area (Å²) in [6, 6.07) is 0. The molecule has 0 aliphatic carbocycles. The predicted molar refractivity (Wildman–Crippen MR) is 35.7 cm³/mol. The van der Waals surface area contributed by atoms with E-state index in [0.29, 0.717) is 0 Å². The number of rotatable bonds is 2. The summed E-state index contributed by atoms with van der Waals surface area (Å²) in [5.74, 6) is 4.70. The van der Waals surface area contributed by atoms with Gasteiger partial charge in [0, 0.05) is 0 Å². The van der Waals surface area contributed by atoms with Gasteiger partial charge in [-0.05, 0) is 12.2 Å². The van der Waals surface area contributed by atoms with Gasteiger partial charge in [0.05, 0.1) is 0 Å². The lowest BCUT2D eigenvalue weighted by molar-refractivity contribution is 0.881. The summed E-state index contributed by atoms with van der Waals surface area (Å²) in [5, 5.41) is 3.24. The monoisotopic (exact) mass is 133 g/mol. The number of nitrogens with one attached hydrogen (secondary N) is 2. The van der Waals surface area contributed by atoms with Gasteiger partial charge in [-0.2, -0.15) is 5.10 Å². The topological polar surface area (TPSA) is 88.5 Å². The van der Waals surface area contributed by atoms with Crippen molar-refractivity contribution < 1.29 is 0 Å². The number of hydrogen-bond donors (Lipinski definition) is 4. The highest BCUT2D eigenvalue weighted by Crippen LogP contribution is 1.46. The molecule has 0 unspecified atom stereocenters. The Hall–Kier alpha value is -1.04. The number of hydrazine groups is 1. The molecule has 0 aliphatic heterocycles. The fourth-order valence-corrected chi connectivity index (χ4v) is 0.200. The van der Waals surface area contributed by atoms with Gasteiger partial charge in [-0.3, -0.25) is 10.9 Å². The van der Waals surface area contributed by atoms with E-state index in [1.807, 2.05) is 0 Å². The van der Waals surface area contributed by atoms with E-state index in [4.69, 9.17) is 11.6 Å². The first-order valence-corrected chi connectivity index (χ1v) is 2.21. The SMILES string of the molecule is NN=CNNC(N)=S. The molecule has 0 atom stereocenters. The van der Waals surface area contributed by atoms with Crippen LogP contribution in [0.2, 0.25) is 0 Å². The first kappa shape index (κ1) is 6.96. The van der Waals surface area contributed by atoms with Gasteiger partial charge in [-0.15, -0.1) is 0 Å². The summed E-state index contributed by atoms with van der Waals surface area (Å²) in [6.07, 6.45) is 1.22. The van der Waals surface area contributed by atoms with Crippen LogP contribution in [0, 0.1) is 0 Å². The molecule has 0 aromatic carbocycles. The maximum atomic E-state index is 4.99. The Labute approximate surface area is 52.1 Å². The van der Waals surface area contributed by atoms with Crippen molar-refractivity contribution in [3.8, 4) is 0 Å². The van der Waals surface area contributed by atoms with E-state index in [1.165, 1.54) is 6.34 Å². The molecule has 0 radical (unpaired) electrons. The van der Waals surface area contributed by atoms with Crippen molar-refractivity contribution in [3.63, 3.8) is 0 Å². The summed E-state index contributed by atoms with van der Waals surface area (Å²) in [6.45, 7) is 0. The Bertz CT molecular complexity index is 98.6. The lowest BCUT2D eigenvalue weighted by atomic mass is 11.2. The molecule has 0 heterocycles. The van der Waals surface area contributed by atoms with Gasteiger partial charge in [0.15, 0.2) is 5.11 Å². The van der Waals surface area contributed by atoms with Crippen LogP contribution in [0.1, 0.15) is 0 Å². The Morgan fingerprint density at radius 1 is 1.75 bits per heavy atom. The zero-order valence-corrected chi connectivity index (χ0v) is 4.90. The molecular formula is C2H7N5S. The van der Waals surface area contributed by atoms with Gasteiger partial charge in [-0.25, -0.2) is 0 Å². The van der Waals surface area contributed by atoms with E-state index in [1.54, 1.807) is 0 Å². The lowest BCUT2D eigenvalue weighted by Crippen LogP contribution is -2.40. The van der Waals surface area contributed by atoms with E-state index in [0.717, 1.165) is 0 Å². The Morgan fingerprint density at radius 2 is 2.38 bits per heavy atom. The van der Waals surface area contributed by atoms with Crippen LogP contribution < -0.4 is 22.4 Å². The summed E-state index contributed by atoms with van der Waals surface area (Å²) >= 11 is 4.41. The molecule has 0 aliphatic rings. The average molecular weight is 133 g/mol. The largest absolute Gasteiger partial charge is 0.375 e. The number of hydrazone groups is 1. The zero-order chi connectivity index (χ0) is 6.41.